The van der Waals surface area contributed by atoms with E-state index in [4.69, 9.17) is 4.74 Å². The second kappa shape index (κ2) is 5.06. The molecule has 2 aromatic rings. The molecule has 2 aromatic heterocycles. The van der Waals surface area contributed by atoms with Crippen LogP contribution in [0.3, 0.4) is 0 Å². The topological polar surface area (TPSA) is 35.0 Å². The first-order valence-electron chi connectivity index (χ1n) is 5.60. The van der Waals surface area contributed by atoms with E-state index in [2.05, 4.69) is 23.0 Å². The highest BCUT2D eigenvalue weighted by atomic mass is 16.5. The molecule has 0 N–H and O–H groups in total. The fourth-order valence-corrected chi connectivity index (χ4v) is 1.65. The zero-order chi connectivity index (χ0) is 12.3. The third-order valence-electron chi connectivity index (χ3n) is 2.69. The summed E-state index contributed by atoms with van der Waals surface area (Å²) >= 11 is 0. The van der Waals surface area contributed by atoms with Gasteiger partial charge < -0.3 is 4.74 Å². The number of ether oxygens (including phenoxy) is 1. The van der Waals surface area contributed by atoms with Gasteiger partial charge in [-0.15, -0.1) is 0 Å². The molecule has 88 valence electrons. The SMILES string of the molecule is COC/C=C(\C)c1cnc2ccc(C)nc2c1. The Morgan fingerprint density at radius 2 is 2.18 bits per heavy atom. The first kappa shape index (κ1) is 11.7. The van der Waals surface area contributed by atoms with Gasteiger partial charge in [0.1, 0.15) is 0 Å². The summed E-state index contributed by atoms with van der Waals surface area (Å²) in [5.74, 6) is 0. The van der Waals surface area contributed by atoms with E-state index in [0.717, 1.165) is 27.9 Å². The Labute approximate surface area is 101 Å². The zero-order valence-corrected chi connectivity index (χ0v) is 10.4. The van der Waals surface area contributed by atoms with Gasteiger partial charge in [-0.25, -0.2) is 0 Å². The van der Waals surface area contributed by atoms with Crippen molar-refractivity contribution in [3.05, 3.63) is 41.7 Å². The summed E-state index contributed by atoms with van der Waals surface area (Å²) in [7, 11) is 1.69. The Bertz CT molecular complexity index is 561. The summed E-state index contributed by atoms with van der Waals surface area (Å²) in [6.07, 6.45) is 3.92. The Kier molecular flexibility index (Phi) is 3.49. The molecule has 0 fully saturated rings. The molecule has 0 spiro atoms. The van der Waals surface area contributed by atoms with Crippen molar-refractivity contribution in [2.24, 2.45) is 0 Å². The molecular weight excluding hydrogens is 212 g/mol. The Morgan fingerprint density at radius 3 is 2.94 bits per heavy atom. The minimum Gasteiger partial charge on any atom is -0.381 e. The maximum Gasteiger partial charge on any atom is 0.0895 e. The van der Waals surface area contributed by atoms with Crippen LogP contribution in [0.4, 0.5) is 0 Å². The molecule has 0 radical (unpaired) electrons. The highest BCUT2D eigenvalue weighted by molar-refractivity contribution is 5.78. The maximum atomic E-state index is 5.03. The molecule has 0 saturated carbocycles. The van der Waals surface area contributed by atoms with Crippen molar-refractivity contribution in [3.63, 3.8) is 0 Å². The van der Waals surface area contributed by atoms with Crippen molar-refractivity contribution < 1.29 is 4.74 Å². The molecular formula is C14H16N2O. The lowest BCUT2D eigenvalue weighted by Crippen LogP contribution is -1.90. The average Bonchev–Trinajstić information content (AvgIpc) is 2.35. The fourth-order valence-electron chi connectivity index (χ4n) is 1.65. The van der Waals surface area contributed by atoms with Crippen molar-refractivity contribution in [1.82, 2.24) is 9.97 Å². The first-order chi connectivity index (χ1) is 8.20. The predicted octanol–water partition coefficient (Wildman–Crippen LogP) is 2.99. The molecule has 0 bridgehead atoms. The Balaban J connectivity index is 2.43. The van der Waals surface area contributed by atoms with Crippen LogP contribution in [-0.4, -0.2) is 23.7 Å². The van der Waals surface area contributed by atoms with Gasteiger partial charge in [0.05, 0.1) is 17.6 Å². The van der Waals surface area contributed by atoms with Crippen LogP contribution in [0.5, 0.6) is 0 Å². The fraction of sp³-hybridized carbons (Fsp3) is 0.286. The molecule has 0 unspecified atom stereocenters. The van der Waals surface area contributed by atoms with Crippen LogP contribution in [0.25, 0.3) is 16.6 Å². The van der Waals surface area contributed by atoms with Gasteiger partial charge in [-0.2, -0.15) is 0 Å². The highest BCUT2D eigenvalue weighted by Gasteiger charge is 2.01. The van der Waals surface area contributed by atoms with Crippen LogP contribution in [0.2, 0.25) is 0 Å². The molecule has 3 nitrogen and oxygen atoms in total. The second-order valence-corrected chi connectivity index (χ2v) is 4.06. The summed E-state index contributed by atoms with van der Waals surface area (Å²) in [6, 6.07) is 6.04. The highest BCUT2D eigenvalue weighted by Crippen LogP contribution is 2.17. The van der Waals surface area contributed by atoms with E-state index >= 15 is 0 Å². The van der Waals surface area contributed by atoms with Crippen LogP contribution < -0.4 is 0 Å². The van der Waals surface area contributed by atoms with E-state index < -0.39 is 0 Å². The van der Waals surface area contributed by atoms with Crippen LogP contribution in [0.1, 0.15) is 18.2 Å². The van der Waals surface area contributed by atoms with Gasteiger partial charge in [-0.3, -0.25) is 9.97 Å². The minimum atomic E-state index is 0.616. The number of fused-ring (bicyclic) bond motifs is 1. The van der Waals surface area contributed by atoms with E-state index in [1.807, 2.05) is 31.3 Å². The van der Waals surface area contributed by atoms with Crippen LogP contribution >= 0.6 is 0 Å². The van der Waals surface area contributed by atoms with Gasteiger partial charge in [0.2, 0.25) is 0 Å². The van der Waals surface area contributed by atoms with Crippen molar-refractivity contribution in [1.29, 1.82) is 0 Å². The molecule has 0 atom stereocenters. The molecule has 0 aliphatic heterocycles. The molecule has 0 aromatic carbocycles. The molecule has 17 heavy (non-hydrogen) atoms. The van der Waals surface area contributed by atoms with Gasteiger partial charge in [-0.05, 0) is 43.2 Å². The number of hydrogen-bond acceptors (Lipinski definition) is 3. The number of allylic oxidation sites excluding steroid dienone is 1. The smallest absolute Gasteiger partial charge is 0.0895 e. The van der Waals surface area contributed by atoms with E-state index in [1.165, 1.54) is 0 Å². The number of aryl methyl sites for hydroxylation is 1. The number of aromatic nitrogens is 2. The molecule has 0 aliphatic carbocycles. The predicted molar refractivity (Wildman–Crippen MR) is 69.8 cm³/mol. The number of methoxy groups -OCH3 is 1. The second-order valence-electron chi connectivity index (χ2n) is 4.06. The normalized spacial score (nSPS) is 12.1. The standard InChI is InChI=1S/C14H16N2O/c1-10(6-7-17-3)12-8-14-13(15-9-12)5-4-11(2)16-14/h4-6,8-9H,7H2,1-3H3/b10-6+. The Morgan fingerprint density at radius 1 is 1.35 bits per heavy atom. The lowest BCUT2D eigenvalue weighted by molar-refractivity contribution is 0.234. The quantitative estimate of drug-likeness (QED) is 0.810. The number of hydrogen-bond donors (Lipinski definition) is 0. The molecule has 3 heteroatoms. The van der Waals surface area contributed by atoms with Crippen LogP contribution in [0, 0.1) is 6.92 Å². The first-order valence-corrected chi connectivity index (χ1v) is 5.60. The van der Waals surface area contributed by atoms with Crippen LogP contribution in [-0.2, 0) is 4.74 Å². The minimum absolute atomic E-state index is 0.616. The molecule has 0 saturated heterocycles. The molecule has 0 aliphatic rings. The summed E-state index contributed by atoms with van der Waals surface area (Å²) in [5.41, 5.74) is 5.12. The van der Waals surface area contributed by atoms with Crippen molar-refractivity contribution in [2.75, 3.05) is 13.7 Å². The molecule has 0 amide bonds. The number of nitrogens with zero attached hydrogens (tertiary/aromatic N) is 2. The van der Waals surface area contributed by atoms with Gasteiger partial charge >= 0.3 is 0 Å². The summed E-state index contributed by atoms with van der Waals surface area (Å²) < 4.78 is 5.03. The Hall–Kier alpha value is -1.74. The largest absolute Gasteiger partial charge is 0.381 e. The summed E-state index contributed by atoms with van der Waals surface area (Å²) in [4.78, 5) is 8.89. The zero-order valence-electron chi connectivity index (χ0n) is 10.4. The lowest BCUT2D eigenvalue weighted by Gasteiger charge is -2.04. The van der Waals surface area contributed by atoms with Gasteiger partial charge in [0.25, 0.3) is 0 Å². The monoisotopic (exact) mass is 228 g/mol. The van der Waals surface area contributed by atoms with Crippen molar-refractivity contribution in [2.45, 2.75) is 13.8 Å². The molecule has 2 heterocycles. The summed E-state index contributed by atoms with van der Waals surface area (Å²) in [5, 5.41) is 0. The van der Waals surface area contributed by atoms with Gasteiger partial charge in [-0.1, -0.05) is 6.08 Å². The van der Waals surface area contributed by atoms with Crippen molar-refractivity contribution >= 4 is 16.6 Å². The van der Waals surface area contributed by atoms with Gasteiger partial charge in [0.15, 0.2) is 0 Å². The number of pyridine rings is 2. The maximum absolute atomic E-state index is 5.03. The third-order valence-corrected chi connectivity index (χ3v) is 2.69. The lowest BCUT2D eigenvalue weighted by atomic mass is 10.1. The van der Waals surface area contributed by atoms with Crippen molar-refractivity contribution in [3.8, 4) is 0 Å². The molecule has 2 rings (SSSR count). The average molecular weight is 228 g/mol. The summed E-state index contributed by atoms with van der Waals surface area (Å²) in [6.45, 7) is 4.66. The van der Waals surface area contributed by atoms with Gasteiger partial charge in [0, 0.05) is 19.0 Å². The third kappa shape index (κ3) is 2.68. The van der Waals surface area contributed by atoms with Crippen LogP contribution in [0.15, 0.2) is 30.5 Å². The van der Waals surface area contributed by atoms with E-state index in [0.29, 0.717) is 6.61 Å². The van der Waals surface area contributed by atoms with E-state index in [9.17, 15) is 0 Å². The van der Waals surface area contributed by atoms with E-state index in [1.54, 1.807) is 7.11 Å². The van der Waals surface area contributed by atoms with E-state index in [-0.39, 0.29) is 0 Å². The number of rotatable bonds is 3.